The Balaban J connectivity index is 1.86. The summed E-state index contributed by atoms with van der Waals surface area (Å²) in [5.41, 5.74) is -1.37. The fraction of sp³-hybridized carbons (Fsp3) is 0.250. The van der Waals surface area contributed by atoms with Gasteiger partial charge < -0.3 is 20.2 Å². The zero-order valence-corrected chi connectivity index (χ0v) is 12.5. The average molecular weight is 320 g/mol. The second-order valence-electron chi connectivity index (χ2n) is 5.37. The molecule has 2 amide bonds. The van der Waals surface area contributed by atoms with Gasteiger partial charge in [0.1, 0.15) is 11.6 Å². The van der Waals surface area contributed by atoms with Crippen molar-refractivity contribution in [3.05, 3.63) is 54.2 Å². The van der Waals surface area contributed by atoms with Crippen LogP contribution in [-0.2, 0) is 16.0 Å². The Hall–Kier alpha value is -2.67. The lowest BCUT2D eigenvalue weighted by Gasteiger charge is -2.22. The number of hydrogen-bond acceptors (Lipinski definition) is 4. The first-order valence-corrected chi connectivity index (χ1v) is 6.96. The Morgan fingerprint density at radius 2 is 1.96 bits per heavy atom. The van der Waals surface area contributed by atoms with Gasteiger partial charge in [0.2, 0.25) is 0 Å². The first-order valence-electron chi connectivity index (χ1n) is 6.96. The van der Waals surface area contributed by atoms with Crippen molar-refractivity contribution in [2.24, 2.45) is 0 Å². The summed E-state index contributed by atoms with van der Waals surface area (Å²) in [6, 6.07) is 8.89. The number of carbonyl (C=O) groups excluding carboxylic acids is 2. The molecule has 0 aliphatic heterocycles. The monoisotopic (exact) mass is 320 g/mol. The van der Waals surface area contributed by atoms with Gasteiger partial charge in [0.05, 0.1) is 17.6 Å². The summed E-state index contributed by atoms with van der Waals surface area (Å²) in [7, 11) is 0. The SMILES string of the molecule is CC(O)(CNC(=O)C(=O)Nc1ccccc1F)Cc1ccco1. The number of aliphatic hydroxyl groups is 1. The Morgan fingerprint density at radius 3 is 2.61 bits per heavy atom. The van der Waals surface area contributed by atoms with Crippen LogP contribution in [0.4, 0.5) is 10.1 Å². The van der Waals surface area contributed by atoms with Crippen molar-refractivity contribution in [3.8, 4) is 0 Å². The van der Waals surface area contributed by atoms with E-state index < -0.39 is 23.2 Å². The van der Waals surface area contributed by atoms with Gasteiger partial charge >= 0.3 is 11.8 Å². The van der Waals surface area contributed by atoms with Gasteiger partial charge in [-0.25, -0.2) is 4.39 Å². The molecular formula is C16H17FN2O4. The van der Waals surface area contributed by atoms with Gasteiger partial charge in [-0.3, -0.25) is 9.59 Å². The molecule has 0 radical (unpaired) electrons. The Bertz CT molecular complexity index is 683. The number of furan rings is 1. The molecule has 7 heteroatoms. The van der Waals surface area contributed by atoms with E-state index in [0.717, 1.165) is 0 Å². The van der Waals surface area contributed by atoms with Crippen LogP contribution in [0.5, 0.6) is 0 Å². The Morgan fingerprint density at radius 1 is 1.22 bits per heavy atom. The number of carbonyl (C=O) groups is 2. The highest BCUT2D eigenvalue weighted by molar-refractivity contribution is 6.39. The van der Waals surface area contributed by atoms with Crippen LogP contribution in [0, 0.1) is 5.82 Å². The fourth-order valence-electron chi connectivity index (χ4n) is 1.94. The second kappa shape index (κ2) is 7.06. The average Bonchev–Trinajstić information content (AvgIpc) is 2.99. The molecule has 23 heavy (non-hydrogen) atoms. The largest absolute Gasteiger partial charge is 0.469 e. The number of amides is 2. The van der Waals surface area contributed by atoms with Crippen LogP contribution in [0.15, 0.2) is 47.1 Å². The molecule has 122 valence electrons. The summed E-state index contributed by atoms with van der Waals surface area (Å²) < 4.78 is 18.5. The van der Waals surface area contributed by atoms with E-state index in [1.807, 2.05) is 0 Å². The normalized spacial score (nSPS) is 13.2. The third-order valence-corrected chi connectivity index (χ3v) is 3.09. The summed E-state index contributed by atoms with van der Waals surface area (Å²) in [6.07, 6.45) is 1.65. The van der Waals surface area contributed by atoms with Gasteiger partial charge in [0.25, 0.3) is 0 Å². The molecule has 2 aromatic rings. The van der Waals surface area contributed by atoms with E-state index in [0.29, 0.717) is 5.76 Å². The van der Waals surface area contributed by atoms with Crippen LogP contribution < -0.4 is 10.6 Å². The topological polar surface area (TPSA) is 91.6 Å². The van der Waals surface area contributed by atoms with Gasteiger partial charge in [-0.15, -0.1) is 0 Å². The van der Waals surface area contributed by atoms with E-state index in [2.05, 4.69) is 10.6 Å². The zero-order chi connectivity index (χ0) is 16.9. The van der Waals surface area contributed by atoms with E-state index in [9.17, 15) is 19.1 Å². The number of anilines is 1. The fourth-order valence-corrected chi connectivity index (χ4v) is 1.94. The highest BCUT2D eigenvalue weighted by atomic mass is 19.1. The number of halogens is 1. The third kappa shape index (κ3) is 4.93. The number of rotatable bonds is 5. The molecule has 0 aliphatic carbocycles. The van der Waals surface area contributed by atoms with Gasteiger partial charge in [0.15, 0.2) is 0 Å². The Labute approximate surface area is 132 Å². The molecule has 1 aromatic heterocycles. The molecule has 0 saturated heterocycles. The summed E-state index contributed by atoms with van der Waals surface area (Å²) in [5, 5.41) is 14.7. The maximum atomic E-state index is 13.4. The van der Waals surface area contributed by atoms with E-state index in [4.69, 9.17) is 4.42 Å². The van der Waals surface area contributed by atoms with Crippen LogP contribution in [-0.4, -0.2) is 29.1 Å². The van der Waals surface area contributed by atoms with E-state index in [1.54, 1.807) is 12.1 Å². The molecule has 0 fully saturated rings. The minimum Gasteiger partial charge on any atom is -0.469 e. The standard InChI is InChI=1S/C16H17FN2O4/c1-16(22,9-11-5-4-8-23-11)10-18-14(20)15(21)19-13-7-3-2-6-12(13)17/h2-8,22H,9-10H2,1H3,(H,18,20)(H,19,21). The molecule has 3 N–H and O–H groups in total. The molecular weight excluding hydrogens is 303 g/mol. The van der Waals surface area contributed by atoms with E-state index in [-0.39, 0.29) is 18.7 Å². The third-order valence-electron chi connectivity index (χ3n) is 3.09. The number of nitrogens with one attached hydrogen (secondary N) is 2. The van der Waals surface area contributed by atoms with E-state index in [1.165, 1.54) is 37.5 Å². The first kappa shape index (κ1) is 16.7. The van der Waals surface area contributed by atoms with Crippen molar-refractivity contribution in [3.63, 3.8) is 0 Å². The molecule has 2 rings (SSSR count). The van der Waals surface area contributed by atoms with Crippen LogP contribution in [0.2, 0.25) is 0 Å². The van der Waals surface area contributed by atoms with Crippen molar-refractivity contribution in [2.75, 3.05) is 11.9 Å². The summed E-state index contributed by atoms with van der Waals surface area (Å²) in [4.78, 5) is 23.4. The molecule has 0 spiro atoms. The molecule has 1 aromatic carbocycles. The zero-order valence-electron chi connectivity index (χ0n) is 12.5. The quantitative estimate of drug-likeness (QED) is 0.728. The second-order valence-corrected chi connectivity index (χ2v) is 5.37. The number of para-hydroxylation sites is 1. The maximum Gasteiger partial charge on any atom is 0.313 e. The number of hydrogen-bond donors (Lipinski definition) is 3. The smallest absolute Gasteiger partial charge is 0.313 e. The summed E-state index contributed by atoms with van der Waals surface area (Å²) >= 11 is 0. The molecule has 1 atom stereocenters. The highest BCUT2D eigenvalue weighted by Gasteiger charge is 2.25. The number of benzene rings is 1. The summed E-state index contributed by atoms with van der Waals surface area (Å²) in [6.45, 7) is 1.35. The molecule has 6 nitrogen and oxygen atoms in total. The van der Waals surface area contributed by atoms with Gasteiger partial charge in [-0.2, -0.15) is 0 Å². The first-order chi connectivity index (χ1) is 10.9. The highest BCUT2D eigenvalue weighted by Crippen LogP contribution is 2.13. The minimum absolute atomic E-state index is 0.0880. The molecule has 0 aliphatic rings. The van der Waals surface area contributed by atoms with Crippen molar-refractivity contribution in [2.45, 2.75) is 18.9 Å². The molecule has 1 unspecified atom stereocenters. The van der Waals surface area contributed by atoms with Crippen LogP contribution >= 0.6 is 0 Å². The van der Waals surface area contributed by atoms with Crippen molar-refractivity contribution >= 4 is 17.5 Å². The van der Waals surface area contributed by atoms with Crippen molar-refractivity contribution < 1.29 is 23.5 Å². The van der Waals surface area contributed by atoms with Crippen molar-refractivity contribution in [1.29, 1.82) is 0 Å². The van der Waals surface area contributed by atoms with Crippen LogP contribution in [0.3, 0.4) is 0 Å². The Kier molecular flexibility index (Phi) is 5.13. The predicted molar refractivity (Wildman–Crippen MR) is 81.1 cm³/mol. The van der Waals surface area contributed by atoms with E-state index >= 15 is 0 Å². The minimum atomic E-state index is -1.29. The molecule has 0 saturated carbocycles. The van der Waals surface area contributed by atoms with Crippen molar-refractivity contribution in [1.82, 2.24) is 5.32 Å². The van der Waals surface area contributed by atoms with Crippen LogP contribution in [0.25, 0.3) is 0 Å². The maximum absolute atomic E-state index is 13.4. The van der Waals surface area contributed by atoms with Crippen LogP contribution in [0.1, 0.15) is 12.7 Å². The van der Waals surface area contributed by atoms with Gasteiger partial charge in [0, 0.05) is 13.0 Å². The molecule has 0 bridgehead atoms. The van der Waals surface area contributed by atoms with Gasteiger partial charge in [-0.1, -0.05) is 12.1 Å². The lowest BCUT2D eigenvalue weighted by molar-refractivity contribution is -0.136. The lowest BCUT2D eigenvalue weighted by Crippen LogP contribution is -2.45. The lowest BCUT2D eigenvalue weighted by atomic mass is 10.0. The predicted octanol–water partition coefficient (Wildman–Crippen LogP) is 1.47. The summed E-state index contributed by atoms with van der Waals surface area (Å²) in [5.74, 6) is -2.06. The van der Waals surface area contributed by atoms with Gasteiger partial charge in [-0.05, 0) is 31.2 Å². The molecule has 1 heterocycles.